The molecule has 0 heterocycles. The summed E-state index contributed by atoms with van der Waals surface area (Å²) in [6.45, 7) is 3.39. The highest BCUT2D eigenvalue weighted by atomic mass is 16.4. The Kier molecular flexibility index (Phi) is 6.97. The molecule has 0 aromatic heterocycles. The van der Waals surface area contributed by atoms with Gasteiger partial charge in [-0.25, -0.2) is 0 Å². The van der Waals surface area contributed by atoms with Crippen LogP contribution in [0.2, 0.25) is 0 Å². The van der Waals surface area contributed by atoms with E-state index in [4.69, 9.17) is 0 Å². The molecule has 0 aromatic carbocycles. The van der Waals surface area contributed by atoms with Crippen LogP contribution >= 0.6 is 0 Å². The third kappa shape index (κ3) is 4.96. The molecule has 122 valence electrons. The van der Waals surface area contributed by atoms with Gasteiger partial charge in [-0.1, -0.05) is 45.4 Å². The normalized spacial score (nSPS) is 23.3. The molecule has 0 aliphatic heterocycles. The number of nitrogens with zero attached hydrogens (tertiary/aromatic N) is 1. The Labute approximate surface area is 129 Å². The topological polar surface area (TPSA) is 52.6 Å². The lowest BCUT2D eigenvalue weighted by atomic mass is 9.88. The minimum Gasteiger partial charge on any atom is -0.480 e. The van der Waals surface area contributed by atoms with Crippen LogP contribution in [0.3, 0.4) is 0 Å². The van der Waals surface area contributed by atoms with Crippen molar-refractivity contribution < 1.29 is 9.90 Å². The average molecular weight is 296 g/mol. The van der Waals surface area contributed by atoms with Gasteiger partial charge in [-0.05, 0) is 32.2 Å². The Morgan fingerprint density at radius 2 is 1.52 bits per heavy atom. The summed E-state index contributed by atoms with van der Waals surface area (Å²) in [7, 11) is 0. The summed E-state index contributed by atoms with van der Waals surface area (Å²) in [6, 6.07) is 0.809. The summed E-state index contributed by atoms with van der Waals surface area (Å²) in [5.74, 6) is -0.700. The first kappa shape index (κ1) is 16.8. The van der Waals surface area contributed by atoms with Gasteiger partial charge in [0.25, 0.3) is 0 Å². The van der Waals surface area contributed by atoms with E-state index in [9.17, 15) is 9.90 Å². The van der Waals surface area contributed by atoms with Gasteiger partial charge in [0.1, 0.15) is 6.04 Å². The smallest absolute Gasteiger partial charge is 0.322 e. The lowest BCUT2D eigenvalue weighted by Gasteiger charge is -2.42. The van der Waals surface area contributed by atoms with E-state index >= 15 is 0 Å². The maximum atomic E-state index is 11.5. The van der Waals surface area contributed by atoms with Gasteiger partial charge in [0.2, 0.25) is 0 Å². The lowest BCUT2D eigenvalue weighted by molar-refractivity contribution is -0.140. The van der Waals surface area contributed by atoms with Crippen molar-refractivity contribution in [2.75, 3.05) is 13.1 Å². The highest BCUT2D eigenvalue weighted by molar-refractivity contribution is 5.73. The number of carboxylic acid groups (broad SMARTS) is 1. The molecule has 0 radical (unpaired) electrons. The van der Waals surface area contributed by atoms with Crippen LogP contribution in [-0.2, 0) is 4.79 Å². The summed E-state index contributed by atoms with van der Waals surface area (Å²) in [5.41, 5.74) is 0. The second-order valence-electron chi connectivity index (χ2n) is 6.73. The standard InChI is InChI=1S/C17H32N2O2/c1-2-18-16(17(20)21)13-19(14-9-5-3-6-10-14)15-11-7-4-8-12-15/h14-16,18H,2-13H2,1H3,(H,20,21). The van der Waals surface area contributed by atoms with Gasteiger partial charge in [-0.3, -0.25) is 9.69 Å². The zero-order valence-electron chi connectivity index (χ0n) is 13.5. The molecule has 1 atom stereocenters. The molecular weight excluding hydrogens is 264 g/mol. The Morgan fingerprint density at radius 3 is 1.90 bits per heavy atom. The van der Waals surface area contributed by atoms with Gasteiger partial charge in [0, 0.05) is 18.6 Å². The van der Waals surface area contributed by atoms with Crippen LogP contribution < -0.4 is 5.32 Å². The molecule has 2 saturated carbocycles. The summed E-state index contributed by atoms with van der Waals surface area (Å²) >= 11 is 0. The molecule has 2 aliphatic carbocycles. The molecular formula is C17H32N2O2. The van der Waals surface area contributed by atoms with Crippen molar-refractivity contribution >= 4 is 5.97 Å². The Balaban J connectivity index is 2.03. The van der Waals surface area contributed by atoms with Crippen molar-refractivity contribution in [1.29, 1.82) is 0 Å². The summed E-state index contributed by atoms with van der Waals surface area (Å²) < 4.78 is 0. The molecule has 2 rings (SSSR count). The van der Waals surface area contributed by atoms with E-state index in [0.29, 0.717) is 18.6 Å². The molecule has 0 bridgehead atoms. The lowest BCUT2D eigenvalue weighted by Crippen LogP contribution is -2.53. The number of likely N-dealkylation sites (N-methyl/N-ethyl adjacent to an activating group) is 1. The highest BCUT2D eigenvalue weighted by Crippen LogP contribution is 2.30. The first-order valence-electron chi connectivity index (χ1n) is 8.94. The summed E-state index contributed by atoms with van der Waals surface area (Å²) in [5, 5.41) is 12.6. The van der Waals surface area contributed by atoms with Crippen molar-refractivity contribution in [3.8, 4) is 0 Å². The zero-order chi connectivity index (χ0) is 15.1. The highest BCUT2D eigenvalue weighted by Gasteiger charge is 2.32. The van der Waals surface area contributed by atoms with E-state index in [0.717, 1.165) is 6.54 Å². The van der Waals surface area contributed by atoms with Crippen LogP contribution in [0.25, 0.3) is 0 Å². The number of carbonyl (C=O) groups is 1. The molecule has 0 saturated heterocycles. The molecule has 2 aliphatic rings. The number of nitrogens with one attached hydrogen (secondary N) is 1. The van der Waals surface area contributed by atoms with Gasteiger partial charge in [0.15, 0.2) is 0 Å². The molecule has 0 amide bonds. The second kappa shape index (κ2) is 8.74. The fourth-order valence-electron chi connectivity index (χ4n) is 4.11. The minimum atomic E-state index is -0.700. The number of hydrogen-bond acceptors (Lipinski definition) is 3. The average Bonchev–Trinajstić information content (AvgIpc) is 2.53. The van der Waals surface area contributed by atoms with E-state index in [1.54, 1.807) is 0 Å². The molecule has 2 N–H and O–H groups in total. The molecule has 4 heteroatoms. The van der Waals surface area contributed by atoms with E-state index in [-0.39, 0.29) is 0 Å². The molecule has 21 heavy (non-hydrogen) atoms. The largest absolute Gasteiger partial charge is 0.480 e. The van der Waals surface area contributed by atoms with Gasteiger partial charge in [0.05, 0.1) is 0 Å². The van der Waals surface area contributed by atoms with Crippen LogP contribution in [0, 0.1) is 0 Å². The van der Waals surface area contributed by atoms with Crippen molar-refractivity contribution in [2.45, 2.75) is 89.3 Å². The Bertz CT molecular complexity index is 292. The third-order valence-electron chi connectivity index (χ3n) is 5.23. The van der Waals surface area contributed by atoms with Gasteiger partial charge in [-0.2, -0.15) is 0 Å². The predicted molar refractivity (Wildman–Crippen MR) is 85.6 cm³/mol. The van der Waals surface area contributed by atoms with Crippen LogP contribution in [0.1, 0.15) is 71.1 Å². The minimum absolute atomic E-state index is 0.418. The third-order valence-corrected chi connectivity index (χ3v) is 5.23. The van der Waals surface area contributed by atoms with Crippen LogP contribution in [0.15, 0.2) is 0 Å². The number of rotatable bonds is 7. The molecule has 4 nitrogen and oxygen atoms in total. The van der Waals surface area contributed by atoms with Gasteiger partial charge >= 0.3 is 5.97 Å². The second-order valence-corrected chi connectivity index (χ2v) is 6.73. The van der Waals surface area contributed by atoms with Crippen LogP contribution in [-0.4, -0.2) is 47.2 Å². The van der Waals surface area contributed by atoms with Crippen LogP contribution in [0.5, 0.6) is 0 Å². The Morgan fingerprint density at radius 1 is 1.05 bits per heavy atom. The van der Waals surface area contributed by atoms with E-state index in [1.807, 2.05) is 6.92 Å². The Hall–Kier alpha value is -0.610. The molecule has 1 unspecified atom stereocenters. The monoisotopic (exact) mass is 296 g/mol. The fourth-order valence-corrected chi connectivity index (χ4v) is 4.11. The van der Waals surface area contributed by atoms with E-state index in [1.165, 1.54) is 64.2 Å². The molecule has 2 fully saturated rings. The maximum Gasteiger partial charge on any atom is 0.322 e. The summed E-state index contributed by atoms with van der Waals surface area (Å²) in [6.07, 6.45) is 13.0. The quantitative estimate of drug-likeness (QED) is 0.758. The molecule has 0 spiro atoms. The van der Waals surface area contributed by atoms with E-state index < -0.39 is 12.0 Å². The van der Waals surface area contributed by atoms with Crippen molar-refractivity contribution in [3.05, 3.63) is 0 Å². The van der Waals surface area contributed by atoms with Gasteiger partial charge in [-0.15, -0.1) is 0 Å². The number of carboxylic acids is 1. The first-order chi connectivity index (χ1) is 10.2. The molecule has 0 aromatic rings. The van der Waals surface area contributed by atoms with Gasteiger partial charge < -0.3 is 10.4 Å². The fraction of sp³-hybridized carbons (Fsp3) is 0.941. The maximum absolute atomic E-state index is 11.5. The number of hydrogen-bond donors (Lipinski definition) is 2. The predicted octanol–water partition coefficient (Wildman–Crippen LogP) is 3.02. The van der Waals surface area contributed by atoms with Crippen molar-refractivity contribution in [3.63, 3.8) is 0 Å². The summed E-state index contributed by atoms with van der Waals surface area (Å²) in [4.78, 5) is 14.1. The van der Waals surface area contributed by atoms with Crippen molar-refractivity contribution in [2.24, 2.45) is 0 Å². The van der Waals surface area contributed by atoms with E-state index in [2.05, 4.69) is 10.2 Å². The number of aliphatic carboxylic acids is 1. The SMILES string of the molecule is CCNC(CN(C1CCCCC1)C1CCCCC1)C(=O)O. The van der Waals surface area contributed by atoms with Crippen molar-refractivity contribution in [1.82, 2.24) is 10.2 Å². The zero-order valence-corrected chi connectivity index (χ0v) is 13.5. The van der Waals surface area contributed by atoms with Crippen LogP contribution in [0.4, 0.5) is 0 Å². The first-order valence-corrected chi connectivity index (χ1v) is 8.94.